The molecule has 1 aromatic rings. The summed E-state index contributed by atoms with van der Waals surface area (Å²) in [6.07, 6.45) is -4.57. The molecule has 0 aliphatic rings. The summed E-state index contributed by atoms with van der Waals surface area (Å²) in [6, 6.07) is 3.02. The molecular weight excluding hydrogens is 247 g/mol. The lowest BCUT2D eigenvalue weighted by Crippen LogP contribution is -2.30. The summed E-state index contributed by atoms with van der Waals surface area (Å²) in [6.45, 7) is 3.44. The van der Waals surface area contributed by atoms with E-state index < -0.39 is 17.6 Å². The number of hydrogen-bond donors (Lipinski definition) is 3. The number of anilines is 1. The minimum Gasteiger partial charge on any atom is -0.350 e. The van der Waals surface area contributed by atoms with E-state index in [2.05, 4.69) is 5.32 Å². The number of carbonyl (C=O) groups is 1. The van der Waals surface area contributed by atoms with Gasteiger partial charge in [0.1, 0.15) is 0 Å². The lowest BCUT2D eigenvalue weighted by atomic mass is 10.1. The zero-order valence-electron chi connectivity index (χ0n) is 9.93. The Morgan fingerprint density at radius 3 is 2.39 bits per heavy atom. The fourth-order valence-corrected chi connectivity index (χ4v) is 1.39. The quantitative estimate of drug-likeness (QED) is 0.576. The number of hydrogen-bond acceptors (Lipinski definition) is 3. The van der Waals surface area contributed by atoms with Gasteiger partial charge in [-0.05, 0) is 32.0 Å². The zero-order chi connectivity index (χ0) is 13.9. The third kappa shape index (κ3) is 3.36. The third-order valence-corrected chi connectivity index (χ3v) is 2.16. The van der Waals surface area contributed by atoms with Crippen LogP contribution in [0.15, 0.2) is 18.2 Å². The van der Waals surface area contributed by atoms with Crippen molar-refractivity contribution < 1.29 is 18.0 Å². The SMILES string of the molecule is CC(C)NC(=O)c1ccc(NN)c(C(F)(F)F)c1. The fraction of sp³-hybridized carbons (Fsp3) is 0.364. The topological polar surface area (TPSA) is 67.2 Å². The van der Waals surface area contributed by atoms with Crippen LogP contribution < -0.4 is 16.6 Å². The zero-order valence-corrected chi connectivity index (χ0v) is 9.93. The van der Waals surface area contributed by atoms with Crippen molar-refractivity contribution in [3.8, 4) is 0 Å². The van der Waals surface area contributed by atoms with Crippen molar-refractivity contribution in [2.75, 3.05) is 5.43 Å². The van der Waals surface area contributed by atoms with Gasteiger partial charge in [-0.25, -0.2) is 0 Å². The molecule has 0 heterocycles. The molecule has 100 valence electrons. The van der Waals surface area contributed by atoms with Crippen molar-refractivity contribution in [3.63, 3.8) is 0 Å². The van der Waals surface area contributed by atoms with Crippen molar-refractivity contribution in [2.45, 2.75) is 26.1 Å². The maximum Gasteiger partial charge on any atom is 0.418 e. The van der Waals surface area contributed by atoms with Crippen molar-refractivity contribution in [1.29, 1.82) is 0 Å². The molecule has 0 fully saturated rings. The van der Waals surface area contributed by atoms with Crippen LogP contribution in [-0.2, 0) is 6.18 Å². The molecule has 1 rings (SSSR count). The van der Waals surface area contributed by atoms with Crippen molar-refractivity contribution in [3.05, 3.63) is 29.3 Å². The highest BCUT2D eigenvalue weighted by Crippen LogP contribution is 2.35. The molecule has 1 aromatic carbocycles. The summed E-state index contributed by atoms with van der Waals surface area (Å²) in [4.78, 5) is 11.6. The lowest BCUT2D eigenvalue weighted by molar-refractivity contribution is -0.137. The van der Waals surface area contributed by atoms with Gasteiger partial charge in [-0.3, -0.25) is 10.6 Å². The van der Waals surface area contributed by atoms with Gasteiger partial charge in [0.05, 0.1) is 11.3 Å². The summed E-state index contributed by atoms with van der Waals surface area (Å²) in [5, 5.41) is 2.52. The largest absolute Gasteiger partial charge is 0.418 e. The first kappa shape index (κ1) is 14.3. The van der Waals surface area contributed by atoms with Crippen LogP contribution in [0.2, 0.25) is 0 Å². The summed E-state index contributed by atoms with van der Waals surface area (Å²) in [5.41, 5.74) is 0.652. The van der Waals surface area contributed by atoms with Gasteiger partial charge in [0, 0.05) is 11.6 Å². The molecule has 0 unspecified atom stereocenters. The Kier molecular flexibility index (Phi) is 4.18. The average molecular weight is 261 g/mol. The number of halogens is 3. The Bertz CT molecular complexity index is 444. The maximum absolute atomic E-state index is 12.7. The smallest absolute Gasteiger partial charge is 0.350 e. The summed E-state index contributed by atoms with van der Waals surface area (Å²) in [7, 11) is 0. The molecule has 18 heavy (non-hydrogen) atoms. The first-order valence-electron chi connectivity index (χ1n) is 5.24. The second-order valence-electron chi connectivity index (χ2n) is 4.03. The molecule has 4 nitrogen and oxygen atoms in total. The summed E-state index contributed by atoms with van der Waals surface area (Å²) >= 11 is 0. The molecule has 0 spiro atoms. The Hall–Kier alpha value is -1.76. The predicted molar refractivity (Wildman–Crippen MR) is 61.9 cm³/mol. The van der Waals surface area contributed by atoms with Gasteiger partial charge in [-0.15, -0.1) is 0 Å². The molecule has 0 saturated carbocycles. The van der Waals surface area contributed by atoms with Crippen LogP contribution in [0.3, 0.4) is 0 Å². The van der Waals surface area contributed by atoms with E-state index in [0.29, 0.717) is 0 Å². The van der Waals surface area contributed by atoms with E-state index in [9.17, 15) is 18.0 Å². The van der Waals surface area contributed by atoms with Crippen LogP contribution in [0, 0.1) is 0 Å². The number of carbonyl (C=O) groups excluding carboxylic acids is 1. The van der Waals surface area contributed by atoms with Crippen LogP contribution in [0.1, 0.15) is 29.8 Å². The predicted octanol–water partition coefficient (Wildman–Crippen LogP) is 2.13. The third-order valence-electron chi connectivity index (χ3n) is 2.16. The highest BCUT2D eigenvalue weighted by Gasteiger charge is 2.34. The molecule has 0 saturated heterocycles. The van der Waals surface area contributed by atoms with Gasteiger partial charge in [0.25, 0.3) is 5.91 Å². The minimum atomic E-state index is -4.57. The van der Waals surface area contributed by atoms with Gasteiger partial charge in [0.2, 0.25) is 0 Å². The van der Waals surface area contributed by atoms with Crippen molar-refractivity contribution in [2.24, 2.45) is 5.84 Å². The van der Waals surface area contributed by atoms with E-state index in [1.54, 1.807) is 13.8 Å². The van der Waals surface area contributed by atoms with Gasteiger partial charge in [0.15, 0.2) is 0 Å². The van der Waals surface area contributed by atoms with Crippen molar-refractivity contribution >= 4 is 11.6 Å². The number of nitrogens with one attached hydrogen (secondary N) is 2. The van der Waals surface area contributed by atoms with E-state index in [-0.39, 0.29) is 17.3 Å². The van der Waals surface area contributed by atoms with Crippen LogP contribution in [0.4, 0.5) is 18.9 Å². The second kappa shape index (κ2) is 5.26. The van der Waals surface area contributed by atoms with Gasteiger partial charge >= 0.3 is 6.18 Å². The molecule has 0 atom stereocenters. The summed E-state index contributed by atoms with van der Waals surface area (Å²) < 4.78 is 38.1. The average Bonchev–Trinajstić information content (AvgIpc) is 2.26. The maximum atomic E-state index is 12.7. The number of hydrazine groups is 1. The lowest BCUT2D eigenvalue weighted by Gasteiger charge is -2.14. The molecule has 7 heteroatoms. The number of amides is 1. The fourth-order valence-electron chi connectivity index (χ4n) is 1.39. The number of nitrogens with two attached hydrogens (primary N) is 1. The molecule has 0 radical (unpaired) electrons. The Labute approximate surface area is 102 Å². The number of nitrogen functional groups attached to an aromatic ring is 1. The molecule has 0 aromatic heterocycles. The van der Waals surface area contributed by atoms with Crippen LogP contribution in [-0.4, -0.2) is 11.9 Å². The van der Waals surface area contributed by atoms with E-state index in [1.165, 1.54) is 6.07 Å². The number of alkyl halides is 3. The Balaban J connectivity index is 3.15. The molecule has 4 N–H and O–H groups in total. The number of rotatable bonds is 3. The van der Waals surface area contributed by atoms with Crippen LogP contribution >= 0.6 is 0 Å². The van der Waals surface area contributed by atoms with E-state index in [1.807, 2.05) is 5.43 Å². The molecule has 1 amide bonds. The normalized spacial score (nSPS) is 11.5. The first-order chi connectivity index (χ1) is 8.25. The standard InChI is InChI=1S/C11H14F3N3O/c1-6(2)16-10(18)7-3-4-9(17-15)8(5-7)11(12,13)14/h3-6,17H,15H2,1-2H3,(H,16,18). The Morgan fingerprint density at radius 2 is 1.94 bits per heavy atom. The molecule has 0 aliphatic carbocycles. The summed E-state index contributed by atoms with van der Waals surface area (Å²) in [5.74, 6) is 4.45. The van der Waals surface area contributed by atoms with E-state index in [0.717, 1.165) is 12.1 Å². The molecule has 0 bridgehead atoms. The first-order valence-corrected chi connectivity index (χ1v) is 5.24. The van der Waals surface area contributed by atoms with Gasteiger partial charge in [-0.1, -0.05) is 0 Å². The minimum absolute atomic E-state index is 0.0602. The Morgan fingerprint density at radius 1 is 1.33 bits per heavy atom. The van der Waals surface area contributed by atoms with Crippen LogP contribution in [0.25, 0.3) is 0 Å². The number of benzene rings is 1. The molecule has 0 aliphatic heterocycles. The van der Waals surface area contributed by atoms with E-state index >= 15 is 0 Å². The molecular formula is C11H14F3N3O. The van der Waals surface area contributed by atoms with Crippen LogP contribution in [0.5, 0.6) is 0 Å². The van der Waals surface area contributed by atoms with Crippen molar-refractivity contribution in [1.82, 2.24) is 5.32 Å². The van der Waals surface area contributed by atoms with Gasteiger partial charge in [-0.2, -0.15) is 13.2 Å². The second-order valence-corrected chi connectivity index (χ2v) is 4.03. The van der Waals surface area contributed by atoms with E-state index in [4.69, 9.17) is 5.84 Å². The highest BCUT2D eigenvalue weighted by molar-refractivity contribution is 5.95. The monoisotopic (exact) mass is 261 g/mol. The van der Waals surface area contributed by atoms with Gasteiger partial charge < -0.3 is 10.7 Å². The highest BCUT2D eigenvalue weighted by atomic mass is 19.4.